The van der Waals surface area contributed by atoms with Crippen molar-refractivity contribution >= 4 is 17.7 Å². The minimum atomic E-state index is -0.860. The summed E-state index contributed by atoms with van der Waals surface area (Å²) >= 11 is 1.22. The van der Waals surface area contributed by atoms with E-state index < -0.39 is 5.97 Å². The lowest BCUT2D eigenvalue weighted by atomic mass is 9.95. The van der Waals surface area contributed by atoms with Gasteiger partial charge in [0.05, 0.1) is 20.0 Å². The molecule has 1 fully saturated rings. The molecule has 1 aromatic carbocycles. The Balaban J connectivity index is 2.01. The van der Waals surface area contributed by atoms with E-state index in [-0.39, 0.29) is 11.8 Å². The average molecular weight is 377 g/mol. The van der Waals surface area contributed by atoms with Crippen molar-refractivity contribution in [3.05, 3.63) is 18.2 Å². The molecule has 2 aromatic rings. The van der Waals surface area contributed by atoms with Crippen LogP contribution in [-0.4, -0.2) is 45.8 Å². The molecule has 1 aromatic heterocycles. The summed E-state index contributed by atoms with van der Waals surface area (Å²) in [6.45, 7) is 0. The zero-order chi connectivity index (χ0) is 18.5. The van der Waals surface area contributed by atoms with E-state index in [1.54, 1.807) is 14.2 Å². The van der Waals surface area contributed by atoms with Crippen LogP contribution in [0.3, 0.4) is 0 Å². The summed E-state index contributed by atoms with van der Waals surface area (Å²) in [5, 5.41) is 18.3. The maximum Gasteiger partial charge on any atom is 0.313 e. The molecule has 8 heteroatoms. The average Bonchev–Trinajstić information content (AvgIpc) is 3.10. The van der Waals surface area contributed by atoms with E-state index in [2.05, 4.69) is 14.8 Å². The number of methoxy groups -OCH3 is 2. The highest BCUT2D eigenvalue weighted by Gasteiger charge is 2.24. The number of carboxylic acids is 1. The smallest absolute Gasteiger partial charge is 0.313 e. The van der Waals surface area contributed by atoms with E-state index in [0.29, 0.717) is 16.7 Å². The highest BCUT2D eigenvalue weighted by molar-refractivity contribution is 7.99. The van der Waals surface area contributed by atoms with Crippen LogP contribution in [0.15, 0.2) is 23.4 Å². The molecule has 3 rings (SSSR count). The van der Waals surface area contributed by atoms with Crippen molar-refractivity contribution in [2.24, 2.45) is 0 Å². The van der Waals surface area contributed by atoms with E-state index in [1.807, 2.05) is 18.2 Å². The van der Waals surface area contributed by atoms with Crippen LogP contribution in [0.5, 0.6) is 11.5 Å². The van der Waals surface area contributed by atoms with Gasteiger partial charge in [-0.2, -0.15) is 0 Å². The van der Waals surface area contributed by atoms with Crippen LogP contribution in [0.4, 0.5) is 0 Å². The van der Waals surface area contributed by atoms with Gasteiger partial charge in [-0.05, 0) is 31.0 Å². The second-order valence-electron chi connectivity index (χ2n) is 6.22. The van der Waals surface area contributed by atoms with Crippen LogP contribution >= 0.6 is 11.8 Å². The molecule has 0 aliphatic heterocycles. The van der Waals surface area contributed by atoms with E-state index in [0.717, 1.165) is 37.1 Å². The number of aromatic nitrogens is 3. The molecule has 1 N–H and O–H groups in total. The van der Waals surface area contributed by atoms with E-state index in [4.69, 9.17) is 14.6 Å². The molecule has 0 radical (unpaired) electrons. The van der Waals surface area contributed by atoms with Gasteiger partial charge in [0.2, 0.25) is 0 Å². The number of ether oxygens (including phenoxy) is 2. The fourth-order valence-electron chi connectivity index (χ4n) is 3.34. The van der Waals surface area contributed by atoms with Gasteiger partial charge in [0.25, 0.3) is 0 Å². The van der Waals surface area contributed by atoms with Gasteiger partial charge in [-0.25, -0.2) is 0 Å². The fourth-order valence-corrected chi connectivity index (χ4v) is 4.07. The maximum atomic E-state index is 11.0. The van der Waals surface area contributed by atoms with Crippen molar-refractivity contribution in [2.75, 3.05) is 20.0 Å². The number of nitrogens with zero attached hydrogens (tertiary/aromatic N) is 3. The van der Waals surface area contributed by atoms with Gasteiger partial charge < -0.3 is 14.6 Å². The van der Waals surface area contributed by atoms with Crippen molar-refractivity contribution in [1.29, 1.82) is 0 Å². The Kier molecular flexibility index (Phi) is 6.03. The zero-order valence-corrected chi connectivity index (χ0v) is 15.8. The number of hydrogen-bond donors (Lipinski definition) is 1. The lowest BCUT2D eigenvalue weighted by Crippen LogP contribution is -2.15. The SMILES string of the molecule is COc1ccc(-c2nnc(SCC(=O)O)n2C2CCCCC2)cc1OC. The summed E-state index contributed by atoms with van der Waals surface area (Å²) in [6.07, 6.45) is 5.67. The van der Waals surface area contributed by atoms with Crippen LogP contribution in [0.1, 0.15) is 38.1 Å². The number of benzene rings is 1. The van der Waals surface area contributed by atoms with E-state index in [9.17, 15) is 4.79 Å². The van der Waals surface area contributed by atoms with Gasteiger partial charge in [-0.3, -0.25) is 9.36 Å². The van der Waals surface area contributed by atoms with Crippen molar-refractivity contribution in [1.82, 2.24) is 14.8 Å². The number of carbonyl (C=O) groups is 1. The number of aliphatic carboxylic acids is 1. The second kappa shape index (κ2) is 8.44. The molecule has 140 valence electrons. The first kappa shape index (κ1) is 18.6. The van der Waals surface area contributed by atoms with Crippen molar-refractivity contribution in [2.45, 2.75) is 43.3 Å². The number of hydrogen-bond acceptors (Lipinski definition) is 6. The molecule has 1 aliphatic carbocycles. The van der Waals surface area contributed by atoms with Gasteiger partial charge in [0.1, 0.15) is 0 Å². The number of rotatable bonds is 7. The summed E-state index contributed by atoms with van der Waals surface area (Å²) in [4.78, 5) is 11.0. The van der Waals surface area contributed by atoms with Gasteiger partial charge in [0.15, 0.2) is 22.5 Å². The Hall–Kier alpha value is -2.22. The molecule has 0 unspecified atom stereocenters. The monoisotopic (exact) mass is 377 g/mol. The predicted molar refractivity (Wildman–Crippen MR) is 99.0 cm³/mol. The van der Waals surface area contributed by atoms with Crippen LogP contribution in [0.2, 0.25) is 0 Å². The third-order valence-electron chi connectivity index (χ3n) is 4.57. The minimum Gasteiger partial charge on any atom is -0.493 e. The molecule has 0 bridgehead atoms. The first-order valence-electron chi connectivity index (χ1n) is 8.66. The Bertz CT molecular complexity index is 772. The third kappa shape index (κ3) is 3.95. The third-order valence-corrected chi connectivity index (χ3v) is 5.50. The highest BCUT2D eigenvalue weighted by Crippen LogP contribution is 2.37. The quantitative estimate of drug-likeness (QED) is 0.737. The summed E-state index contributed by atoms with van der Waals surface area (Å²) in [5.74, 6) is 1.13. The maximum absolute atomic E-state index is 11.0. The molecule has 1 heterocycles. The molecule has 0 spiro atoms. The summed E-state index contributed by atoms with van der Waals surface area (Å²) < 4.78 is 12.8. The van der Waals surface area contributed by atoms with Gasteiger partial charge in [0, 0.05) is 11.6 Å². The van der Waals surface area contributed by atoms with Crippen molar-refractivity contribution in [3.63, 3.8) is 0 Å². The van der Waals surface area contributed by atoms with Gasteiger partial charge >= 0.3 is 5.97 Å². The first-order chi connectivity index (χ1) is 12.6. The first-order valence-corrected chi connectivity index (χ1v) is 9.64. The molecular formula is C18H23N3O4S. The fraction of sp³-hybridized carbons (Fsp3) is 0.500. The van der Waals surface area contributed by atoms with Crippen molar-refractivity contribution < 1.29 is 19.4 Å². The molecule has 26 heavy (non-hydrogen) atoms. The lowest BCUT2D eigenvalue weighted by molar-refractivity contribution is -0.133. The predicted octanol–water partition coefficient (Wildman–Crippen LogP) is 3.64. The minimum absolute atomic E-state index is 0.0310. The largest absolute Gasteiger partial charge is 0.493 e. The molecule has 1 aliphatic rings. The standard InChI is InChI=1S/C18H23N3O4S/c1-24-14-9-8-12(10-15(14)25-2)17-19-20-18(26-11-16(22)23)21(17)13-6-4-3-5-7-13/h8-10,13H,3-7,11H2,1-2H3,(H,22,23). The highest BCUT2D eigenvalue weighted by atomic mass is 32.2. The van der Waals surface area contributed by atoms with E-state index >= 15 is 0 Å². The Morgan fingerprint density at radius 2 is 1.92 bits per heavy atom. The zero-order valence-electron chi connectivity index (χ0n) is 15.0. The second-order valence-corrected chi connectivity index (χ2v) is 7.16. The Morgan fingerprint density at radius 3 is 2.58 bits per heavy atom. The molecule has 0 amide bonds. The van der Waals surface area contributed by atoms with Crippen LogP contribution < -0.4 is 9.47 Å². The molecular weight excluding hydrogens is 354 g/mol. The molecule has 7 nitrogen and oxygen atoms in total. The molecule has 0 saturated heterocycles. The van der Waals surface area contributed by atoms with Crippen LogP contribution in [0.25, 0.3) is 11.4 Å². The Labute approximate surface area is 156 Å². The lowest BCUT2D eigenvalue weighted by Gasteiger charge is -2.25. The normalized spacial score (nSPS) is 15.0. The topological polar surface area (TPSA) is 86.5 Å². The summed E-state index contributed by atoms with van der Waals surface area (Å²) in [6, 6.07) is 5.94. The Morgan fingerprint density at radius 1 is 1.19 bits per heavy atom. The molecule has 0 atom stereocenters. The van der Waals surface area contributed by atoms with Crippen LogP contribution in [0, 0.1) is 0 Å². The van der Waals surface area contributed by atoms with Gasteiger partial charge in [-0.15, -0.1) is 10.2 Å². The van der Waals surface area contributed by atoms with Crippen molar-refractivity contribution in [3.8, 4) is 22.9 Å². The molecule has 1 saturated carbocycles. The van der Waals surface area contributed by atoms with E-state index in [1.165, 1.54) is 18.2 Å². The number of thioether (sulfide) groups is 1. The number of carboxylic acid groups (broad SMARTS) is 1. The van der Waals surface area contributed by atoms with Crippen LogP contribution in [-0.2, 0) is 4.79 Å². The summed E-state index contributed by atoms with van der Waals surface area (Å²) in [7, 11) is 3.20. The van der Waals surface area contributed by atoms with Gasteiger partial charge in [-0.1, -0.05) is 31.0 Å². The summed E-state index contributed by atoms with van der Waals surface area (Å²) in [5.41, 5.74) is 0.878.